The largest absolute Gasteiger partial charge is 0.326 e. The molecule has 1 fully saturated rings. The smallest absolute Gasteiger partial charge is 0.264 e. The van der Waals surface area contributed by atoms with Gasteiger partial charge in [-0.3, -0.25) is 9.59 Å². The Bertz CT molecular complexity index is 770. The highest BCUT2D eigenvalue weighted by molar-refractivity contribution is 7.12. The van der Waals surface area contributed by atoms with Gasteiger partial charge < -0.3 is 10.2 Å². The quantitative estimate of drug-likeness (QED) is 0.842. The number of thiophene rings is 1. The number of carbonyl (C=O) groups is 2. The number of anilines is 1. The van der Waals surface area contributed by atoms with E-state index >= 15 is 0 Å². The summed E-state index contributed by atoms with van der Waals surface area (Å²) in [5.41, 5.74) is 1.47. The lowest BCUT2D eigenvalue weighted by atomic mass is 10.2. The summed E-state index contributed by atoms with van der Waals surface area (Å²) >= 11 is 13.3. The van der Waals surface area contributed by atoms with Crippen LogP contribution in [-0.2, 0) is 4.79 Å². The van der Waals surface area contributed by atoms with Gasteiger partial charge in [0.05, 0.1) is 4.88 Å². The number of aryl methyl sites for hydroxylation is 1. The SMILES string of the molecule is Cc1ccsc1C(=O)N1CCCC1C(=O)Nc1cc(Cl)cc(Cl)c1. The molecule has 0 spiro atoms. The van der Waals surface area contributed by atoms with Crippen LogP contribution in [-0.4, -0.2) is 29.3 Å². The van der Waals surface area contributed by atoms with Crippen molar-refractivity contribution in [2.45, 2.75) is 25.8 Å². The molecule has 1 saturated heterocycles. The van der Waals surface area contributed by atoms with Crippen LogP contribution in [0.1, 0.15) is 28.1 Å². The van der Waals surface area contributed by atoms with Gasteiger partial charge in [0, 0.05) is 22.3 Å². The molecule has 1 aliphatic rings. The molecular weight excluding hydrogens is 367 g/mol. The van der Waals surface area contributed by atoms with Crippen LogP contribution in [0.25, 0.3) is 0 Å². The maximum absolute atomic E-state index is 12.7. The summed E-state index contributed by atoms with van der Waals surface area (Å²) in [4.78, 5) is 27.7. The van der Waals surface area contributed by atoms with E-state index < -0.39 is 6.04 Å². The average molecular weight is 383 g/mol. The molecule has 2 heterocycles. The zero-order valence-corrected chi connectivity index (χ0v) is 15.3. The van der Waals surface area contributed by atoms with Crippen molar-refractivity contribution in [3.8, 4) is 0 Å². The third kappa shape index (κ3) is 3.58. The Morgan fingerprint density at radius 3 is 2.58 bits per heavy atom. The third-order valence-corrected chi connectivity index (χ3v) is 5.44. The highest BCUT2D eigenvalue weighted by Crippen LogP contribution is 2.27. The van der Waals surface area contributed by atoms with Gasteiger partial charge in [-0.1, -0.05) is 23.2 Å². The highest BCUT2D eigenvalue weighted by atomic mass is 35.5. The molecule has 24 heavy (non-hydrogen) atoms. The lowest BCUT2D eigenvalue weighted by molar-refractivity contribution is -0.119. The molecule has 2 amide bonds. The van der Waals surface area contributed by atoms with Gasteiger partial charge in [-0.15, -0.1) is 11.3 Å². The van der Waals surface area contributed by atoms with Gasteiger partial charge in [-0.2, -0.15) is 0 Å². The minimum Gasteiger partial charge on any atom is -0.326 e. The molecule has 2 aromatic rings. The van der Waals surface area contributed by atoms with E-state index in [0.717, 1.165) is 12.0 Å². The fourth-order valence-electron chi connectivity index (χ4n) is 2.86. The second-order valence-corrected chi connectivity index (χ2v) is 7.53. The maximum atomic E-state index is 12.7. The minimum atomic E-state index is -0.475. The van der Waals surface area contributed by atoms with Crippen LogP contribution < -0.4 is 5.32 Å². The minimum absolute atomic E-state index is 0.0794. The molecule has 1 aromatic carbocycles. The van der Waals surface area contributed by atoms with Crippen LogP contribution in [0.15, 0.2) is 29.6 Å². The van der Waals surface area contributed by atoms with Crippen molar-refractivity contribution < 1.29 is 9.59 Å². The molecule has 0 bridgehead atoms. The number of rotatable bonds is 3. The van der Waals surface area contributed by atoms with Gasteiger partial charge in [0.25, 0.3) is 5.91 Å². The number of nitrogens with one attached hydrogen (secondary N) is 1. The van der Waals surface area contributed by atoms with E-state index in [2.05, 4.69) is 5.32 Å². The molecule has 0 radical (unpaired) electrons. The molecule has 4 nitrogen and oxygen atoms in total. The van der Waals surface area contributed by atoms with Crippen LogP contribution >= 0.6 is 34.5 Å². The summed E-state index contributed by atoms with van der Waals surface area (Å²) in [7, 11) is 0. The zero-order valence-electron chi connectivity index (χ0n) is 13.0. The fourth-order valence-corrected chi connectivity index (χ4v) is 4.26. The van der Waals surface area contributed by atoms with Gasteiger partial charge >= 0.3 is 0 Å². The van der Waals surface area contributed by atoms with Crippen molar-refractivity contribution in [1.29, 1.82) is 0 Å². The van der Waals surface area contributed by atoms with E-state index in [1.54, 1.807) is 23.1 Å². The Kier molecular flexibility index (Phi) is 5.13. The van der Waals surface area contributed by atoms with Gasteiger partial charge in [0.2, 0.25) is 5.91 Å². The van der Waals surface area contributed by atoms with E-state index in [1.165, 1.54) is 11.3 Å². The second kappa shape index (κ2) is 7.13. The highest BCUT2D eigenvalue weighted by Gasteiger charge is 2.35. The third-order valence-electron chi connectivity index (χ3n) is 4.00. The number of halogens is 2. The van der Waals surface area contributed by atoms with Crippen LogP contribution in [0.5, 0.6) is 0 Å². The van der Waals surface area contributed by atoms with Crippen LogP contribution in [0, 0.1) is 6.92 Å². The summed E-state index contributed by atoms with van der Waals surface area (Å²) in [6.45, 7) is 2.49. The first kappa shape index (κ1) is 17.3. The monoisotopic (exact) mass is 382 g/mol. The van der Waals surface area contributed by atoms with Crippen molar-refractivity contribution in [3.05, 3.63) is 50.1 Å². The standard InChI is InChI=1S/C17H16Cl2N2O2S/c1-10-4-6-24-15(10)17(23)21-5-2-3-14(21)16(22)20-13-8-11(18)7-12(19)9-13/h4,6-9,14H,2-3,5H2,1H3,(H,20,22). The summed E-state index contributed by atoms with van der Waals surface area (Å²) in [6.07, 6.45) is 1.46. The Hall–Kier alpha value is -1.56. The molecule has 3 rings (SSSR count). The van der Waals surface area contributed by atoms with Crippen molar-refractivity contribution in [1.82, 2.24) is 4.90 Å². The van der Waals surface area contributed by atoms with Gasteiger partial charge in [-0.25, -0.2) is 0 Å². The van der Waals surface area contributed by atoms with Gasteiger partial charge in [0.1, 0.15) is 6.04 Å². The molecule has 1 unspecified atom stereocenters. The number of likely N-dealkylation sites (tertiary alicyclic amines) is 1. The van der Waals surface area contributed by atoms with E-state index in [4.69, 9.17) is 23.2 Å². The number of hydrogen-bond donors (Lipinski definition) is 1. The Morgan fingerprint density at radius 2 is 1.96 bits per heavy atom. The van der Waals surface area contributed by atoms with Crippen LogP contribution in [0.2, 0.25) is 10.0 Å². The summed E-state index contributed by atoms with van der Waals surface area (Å²) in [6, 6.07) is 6.31. The predicted molar refractivity (Wildman–Crippen MR) is 98.2 cm³/mol. The maximum Gasteiger partial charge on any atom is 0.264 e. The molecule has 0 saturated carbocycles. The van der Waals surface area contributed by atoms with E-state index in [-0.39, 0.29) is 11.8 Å². The zero-order chi connectivity index (χ0) is 17.3. The fraction of sp³-hybridized carbons (Fsp3) is 0.294. The van der Waals surface area contributed by atoms with Crippen molar-refractivity contribution in [2.75, 3.05) is 11.9 Å². The molecular formula is C17H16Cl2N2O2S. The van der Waals surface area contributed by atoms with Gasteiger partial charge in [0.15, 0.2) is 0 Å². The van der Waals surface area contributed by atoms with Crippen molar-refractivity contribution >= 4 is 52.0 Å². The van der Waals surface area contributed by atoms with Gasteiger partial charge in [-0.05, 0) is 55.0 Å². The molecule has 1 atom stereocenters. The Labute approximate surface area is 154 Å². The van der Waals surface area contributed by atoms with E-state index in [1.807, 2.05) is 18.4 Å². The number of hydrogen-bond acceptors (Lipinski definition) is 3. The lowest BCUT2D eigenvalue weighted by Crippen LogP contribution is -2.43. The summed E-state index contributed by atoms with van der Waals surface area (Å²) in [5, 5.41) is 5.60. The van der Waals surface area contributed by atoms with Crippen LogP contribution in [0.4, 0.5) is 5.69 Å². The number of carbonyl (C=O) groups excluding carboxylic acids is 2. The average Bonchev–Trinajstić information content (AvgIpc) is 3.14. The Balaban J connectivity index is 1.76. The Morgan fingerprint density at radius 1 is 1.25 bits per heavy atom. The predicted octanol–water partition coefficient (Wildman–Crippen LogP) is 4.61. The molecule has 1 aliphatic heterocycles. The first-order chi connectivity index (χ1) is 11.5. The number of nitrogens with zero attached hydrogens (tertiary/aromatic N) is 1. The summed E-state index contributed by atoms with van der Waals surface area (Å²) < 4.78 is 0. The topological polar surface area (TPSA) is 49.4 Å². The van der Waals surface area contributed by atoms with E-state index in [9.17, 15) is 9.59 Å². The summed E-state index contributed by atoms with van der Waals surface area (Å²) in [5.74, 6) is -0.294. The van der Waals surface area contributed by atoms with E-state index in [0.29, 0.717) is 33.6 Å². The number of amides is 2. The molecule has 0 aliphatic carbocycles. The first-order valence-corrected chi connectivity index (χ1v) is 9.21. The molecule has 1 N–H and O–H groups in total. The molecule has 7 heteroatoms. The van der Waals surface area contributed by atoms with Crippen molar-refractivity contribution in [3.63, 3.8) is 0 Å². The molecule has 126 valence electrons. The second-order valence-electron chi connectivity index (χ2n) is 5.74. The molecule has 1 aromatic heterocycles. The number of benzene rings is 1. The lowest BCUT2D eigenvalue weighted by Gasteiger charge is -2.24. The normalized spacial score (nSPS) is 17.1. The van der Waals surface area contributed by atoms with Crippen molar-refractivity contribution in [2.24, 2.45) is 0 Å². The van der Waals surface area contributed by atoms with Crippen LogP contribution in [0.3, 0.4) is 0 Å². The first-order valence-electron chi connectivity index (χ1n) is 7.58.